The topological polar surface area (TPSA) is 86.8 Å². The largest absolute Gasteiger partial charge is 0.357 e. The second kappa shape index (κ2) is 11.8. The van der Waals surface area contributed by atoms with Crippen LogP contribution in [-0.4, -0.2) is 44.8 Å². The summed E-state index contributed by atoms with van der Waals surface area (Å²) < 4.78 is 28.7. The number of halogens is 1. The molecular formula is C28H32ClN3O4S. The van der Waals surface area contributed by atoms with Gasteiger partial charge in [0.1, 0.15) is 12.6 Å². The molecule has 0 aliphatic carbocycles. The number of anilines is 1. The highest BCUT2D eigenvalue weighted by Gasteiger charge is 2.32. The molecule has 0 aromatic heterocycles. The Morgan fingerprint density at radius 2 is 1.54 bits per heavy atom. The fourth-order valence-electron chi connectivity index (χ4n) is 3.82. The standard InChI is InChI=1S/C28H32ClN3O4S/c1-19-6-14-26(15-7-19)37(35,36)32(25-13-8-20(2)21(3)16-25)18-27(33)31(22(4)28(34)30-5)17-23-9-11-24(29)12-10-23/h6-16,22H,17-18H2,1-5H3,(H,30,34)/t22-/m1/s1. The average Bonchev–Trinajstić information content (AvgIpc) is 2.87. The molecule has 3 rings (SSSR count). The molecular weight excluding hydrogens is 510 g/mol. The first-order chi connectivity index (χ1) is 17.4. The Bertz CT molecular complexity index is 1370. The number of amides is 2. The number of hydrogen-bond acceptors (Lipinski definition) is 4. The summed E-state index contributed by atoms with van der Waals surface area (Å²) in [5.41, 5.74) is 3.94. The summed E-state index contributed by atoms with van der Waals surface area (Å²) in [6, 6.07) is 17.9. The van der Waals surface area contributed by atoms with Gasteiger partial charge in [0.25, 0.3) is 10.0 Å². The van der Waals surface area contributed by atoms with Crippen LogP contribution in [-0.2, 0) is 26.2 Å². The van der Waals surface area contributed by atoms with E-state index < -0.39 is 28.5 Å². The van der Waals surface area contributed by atoms with Crippen molar-refractivity contribution >= 4 is 39.1 Å². The number of sulfonamides is 1. The van der Waals surface area contributed by atoms with Gasteiger partial charge in [-0.3, -0.25) is 13.9 Å². The molecule has 37 heavy (non-hydrogen) atoms. The number of likely N-dealkylation sites (N-methyl/N-ethyl adjacent to an activating group) is 1. The highest BCUT2D eigenvalue weighted by atomic mass is 35.5. The van der Waals surface area contributed by atoms with Gasteiger partial charge in [-0.2, -0.15) is 0 Å². The molecule has 1 N–H and O–H groups in total. The number of carbonyl (C=O) groups excluding carboxylic acids is 2. The Balaban J connectivity index is 2.05. The number of nitrogens with one attached hydrogen (secondary N) is 1. The summed E-state index contributed by atoms with van der Waals surface area (Å²) >= 11 is 6.01. The van der Waals surface area contributed by atoms with Crippen LogP contribution in [0.1, 0.15) is 29.2 Å². The van der Waals surface area contributed by atoms with E-state index in [0.29, 0.717) is 10.7 Å². The third kappa shape index (κ3) is 6.70. The molecule has 0 bridgehead atoms. The van der Waals surface area contributed by atoms with Crippen LogP contribution in [0.2, 0.25) is 5.02 Å². The predicted octanol–water partition coefficient (Wildman–Crippen LogP) is 4.62. The maximum atomic E-state index is 13.8. The van der Waals surface area contributed by atoms with Crippen molar-refractivity contribution in [1.29, 1.82) is 0 Å². The number of carbonyl (C=O) groups is 2. The Morgan fingerprint density at radius 3 is 2.11 bits per heavy atom. The van der Waals surface area contributed by atoms with E-state index >= 15 is 0 Å². The van der Waals surface area contributed by atoms with Crippen LogP contribution in [0, 0.1) is 20.8 Å². The van der Waals surface area contributed by atoms with Crippen LogP contribution in [0.5, 0.6) is 0 Å². The molecule has 0 saturated carbocycles. The lowest BCUT2D eigenvalue weighted by Gasteiger charge is -2.32. The summed E-state index contributed by atoms with van der Waals surface area (Å²) in [4.78, 5) is 27.7. The van der Waals surface area contributed by atoms with E-state index in [1.807, 2.05) is 26.8 Å². The fourth-order valence-corrected chi connectivity index (χ4v) is 5.36. The van der Waals surface area contributed by atoms with Gasteiger partial charge in [-0.1, -0.05) is 47.5 Å². The number of aryl methyl sites for hydroxylation is 3. The zero-order valence-corrected chi connectivity index (χ0v) is 23.2. The lowest BCUT2D eigenvalue weighted by molar-refractivity contribution is -0.139. The fraction of sp³-hybridized carbons (Fsp3) is 0.286. The van der Waals surface area contributed by atoms with E-state index in [4.69, 9.17) is 11.6 Å². The molecule has 0 aliphatic heterocycles. The van der Waals surface area contributed by atoms with Gasteiger partial charge >= 0.3 is 0 Å². The summed E-state index contributed by atoms with van der Waals surface area (Å²) in [6.45, 7) is 6.93. The SMILES string of the molecule is CNC(=O)[C@@H](C)N(Cc1ccc(Cl)cc1)C(=O)CN(c1ccc(C)c(C)c1)S(=O)(=O)c1ccc(C)cc1. The Labute approximate surface area is 224 Å². The van der Waals surface area contributed by atoms with Crippen molar-refractivity contribution in [2.75, 3.05) is 17.9 Å². The van der Waals surface area contributed by atoms with Crippen molar-refractivity contribution in [3.63, 3.8) is 0 Å². The maximum absolute atomic E-state index is 13.8. The predicted molar refractivity (Wildman–Crippen MR) is 147 cm³/mol. The van der Waals surface area contributed by atoms with Gasteiger partial charge < -0.3 is 10.2 Å². The summed E-state index contributed by atoms with van der Waals surface area (Å²) in [5.74, 6) is -0.874. The number of benzene rings is 3. The van der Waals surface area contributed by atoms with Gasteiger partial charge in [-0.25, -0.2) is 8.42 Å². The Morgan fingerprint density at radius 1 is 0.919 bits per heavy atom. The molecule has 0 fully saturated rings. The third-order valence-corrected chi connectivity index (χ3v) is 8.39. The van der Waals surface area contributed by atoms with E-state index in [1.54, 1.807) is 55.5 Å². The van der Waals surface area contributed by atoms with Crippen molar-refractivity contribution in [3.05, 3.63) is 94.0 Å². The van der Waals surface area contributed by atoms with Crippen molar-refractivity contribution in [1.82, 2.24) is 10.2 Å². The van der Waals surface area contributed by atoms with Gasteiger partial charge in [-0.05, 0) is 80.8 Å². The molecule has 2 amide bonds. The Hall–Kier alpha value is -3.36. The van der Waals surface area contributed by atoms with Gasteiger partial charge in [0.05, 0.1) is 10.6 Å². The summed E-state index contributed by atoms with van der Waals surface area (Å²) in [5, 5.41) is 3.12. The van der Waals surface area contributed by atoms with Crippen molar-refractivity contribution in [2.24, 2.45) is 0 Å². The van der Waals surface area contributed by atoms with E-state index in [9.17, 15) is 18.0 Å². The van der Waals surface area contributed by atoms with Gasteiger partial charge in [0.2, 0.25) is 11.8 Å². The molecule has 0 saturated heterocycles. The zero-order valence-electron chi connectivity index (χ0n) is 21.7. The average molecular weight is 542 g/mol. The van der Waals surface area contributed by atoms with E-state index in [-0.39, 0.29) is 17.3 Å². The molecule has 9 heteroatoms. The second-order valence-corrected chi connectivity index (χ2v) is 11.3. The molecule has 0 heterocycles. The molecule has 0 radical (unpaired) electrons. The van der Waals surface area contributed by atoms with E-state index in [0.717, 1.165) is 26.6 Å². The molecule has 3 aromatic rings. The van der Waals surface area contributed by atoms with E-state index in [2.05, 4.69) is 5.32 Å². The second-order valence-electron chi connectivity index (χ2n) is 9.03. The molecule has 7 nitrogen and oxygen atoms in total. The van der Waals surface area contributed by atoms with Crippen LogP contribution < -0.4 is 9.62 Å². The minimum atomic E-state index is -4.09. The molecule has 1 atom stereocenters. The number of rotatable bonds is 9. The van der Waals surface area contributed by atoms with Crippen LogP contribution in [0.4, 0.5) is 5.69 Å². The van der Waals surface area contributed by atoms with Crippen LogP contribution in [0.3, 0.4) is 0 Å². The minimum absolute atomic E-state index is 0.0766. The smallest absolute Gasteiger partial charge is 0.264 e. The normalized spacial score (nSPS) is 12.1. The van der Waals surface area contributed by atoms with Gasteiger partial charge in [0.15, 0.2) is 0 Å². The summed E-state index contributed by atoms with van der Waals surface area (Å²) in [7, 11) is -2.60. The lowest BCUT2D eigenvalue weighted by Crippen LogP contribution is -2.50. The first kappa shape index (κ1) is 28.2. The van der Waals surface area contributed by atoms with Crippen LogP contribution >= 0.6 is 11.6 Å². The monoisotopic (exact) mass is 541 g/mol. The van der Waals surface area contributed by atoms with Crippen molar-refractivity contribution in [2.45, 2.75) is 45.2 Å². The summed E-state index contributed by atoms with van der Waals surface area (Å²) in [6.07, 6.45) is 0. The third-order valence-electron chi connectivity index (χ3n) is 6.35. The number of hydrogen-bond donors (Lipinski definition) is 1. The first-order valence-electron chi connectivity index (χ1n) is 11.9. The number of nitrogens with zero attached hydrogens (tertiary/aromatic N) is 2. The lowest BCUT2D eigenvalue weighted by atomic mass is 10.1. The molecule has 196 valence electrons. The minimum Gasteiger partial charge on any atom is -0.357 e. The highest BCUT2D eigenvalue weighted by molar-refractivity contribution is 7.92. The highest BCUT2D eigenvalue weighted by Crippen LogP contribution is 2.27. The van der Waals surface area contributed by atoms with Crippen LogP contribution in [0.25, 0.3) is 0 Å². The quantitative estimate of drug-likeness (QED) is 0.428. The van der Waals surface area contributed by atoms with Gasteiger partial charge in [-0.15, -0.1) is 0 Å². The van der Waals surface area contributed by atoms with Gasteiger partial charge in [0, 0.05) is 18.6 Å². The molecule has 3 aromatic carbocycles. The molecule has 0 aliphatic rings. The molecule has 0 spiro atoms. The zero-order chi connectivity index (χ0) is 27.3. The molecule has 0 unspecified atom stereocenters. The van der Waals surface area contributed by atoms with Crippen LogP contribution in [0.15, 0.2) is 71.6 Å². The Kier molecular flexibility index (Phi) is 8.99. The van der Waals surface area contributed by atoms with E-state index in [1.165, 1.54) is 24.1 Å². The maximum Gasteiger partial charge on any atom is 0.264 e. The van der Waals surface area contributed by atoms with Crippen molar-refractivity contribution < 1.29 is 18.0 Å². The first-order valence-corrected chi connectivity index (χ1v) is 13.7. The van der Waals surface area contributed by atoms with Crippen molar-refractivity contribution in [3.8, 4) is 0 Å².